The summed E-state index contributed by atoms with van der Waals surface area (Å²) in [6, 6.07) is 2.94. The van der Waals surface area contributed by atoms with Crippen LogP contribution in [0.5, 0.6) is 11.5 Å². The summed E-state index contributed by atoms with van der Waals surface area (Å²) in [5.74, 6) is -10.7. The van der Waals surface area contributed by atoms with Crippen LogP contribution >= 0.6 is 0 Å². The lowest BCUT2D eigenvalue weighted by Gasteiger charge is -2.43. The van der Waals surface area contributed by atoms with E-state index in [9.17, 15) is 48.3 Å². The molecule has 2 fully saturated rings. The standard InChI is InChI=1S/C33H38O22/c1-12(34)46-21-23(48-14(3)36)27(50-16(5)38)32(54-25(21)30(42)44-7)52-18-9-10-19(29(40)41)20(11-18)53-33-28(51-17(6)39)24(49-15(4)37)22(47-13(2)35)26(55-33)31(43)45-8/h9-11,21-28,32-33H,1-8H3,(H,40,41)/t21-,22-,23-,24-,25-,26-,27+,28+,32+,33+/m0/s1. The van der Waals surface area contributed by atoms with Crippen molar-refractivity contribution in [1.82, 2.24) is 0 Å². The molecule has 1 aromatic rings. The number of methoxy groups -OCH3 is 2. The van der Waals surface area contributed by atoms with E-state index in [4.69, 9.17) is 56.8 Å². The highest BCUT2D eigenvalue weighted by Gasteiger charge is 2.57. The van der Waals surface area contributed by atoms with Gasteiger partial charge in [0.1, 0.15) is 17.1 Å². The number of carboxylic acid groups (broad SMARTS) is 1. The van der Waals surface area contributed by atoms with Crippen LogP contribution < -0.4 is 9.47 Å². The normalized spacial score (nSPS) is 27.1. The molecule has 0 aromatic heterocycles. The van der Waals surface area contributed by atoms with Crippen LogP contribution in [0, 0.1) is 0 Å². The molecule has 0 spiro atoms. The summed E-state index contributed by atoms with van der Waals surface area (Å²) in [5, 5.41) is 10.0. The first-order valence-corrected chi connectivity index (χ1v) is 16.0. The van der Waals surface area contributed by atoms with Crippen LogP contribution in [-0.2, 0) is 85.7 Å². The third-order valence-corrected chi connectivity index (χ3v) is 7.35. The van der Waals surface area contributed by atoms with E-state index in [-0.39, 0.29) is 5.75 Å². The molecule has 302 valence electrons. The van der Waals surface area contributed by atoms with Crippen molar-refractivity contribution >= 4 is 53.7 Å². The van der Waals surface area contributed by atoms with E-state index in [2.05, 4.69) is 0 Å². The number of carboxylic acids is 1. The van der Waals surface area contributed by atoms with Crippen LogP contribution in [0.3, 0.4) is 0 Å². The highest BCUT2D eigenvalue weighted by molar-refractivity contribution is 5.91. The third kappa shape index (κ3) is 11.2. The summed E-state index contributed by atoms with van der Waals surface area (Å²) in [6.07, 6.45) is -18.2. The molecule has 0 amide bonds. The Morgan fingerprint density at radius 3 is 1.20 bits per heavy atom. The molecule has 0 radical (unpaired) electrons. The number of aromatic carboxylic acids is 1. The second-order valence-electron chi connectivity index (χ2n) is 11.5. The van der Waals surface area contributed by atoms with Gasteiger partial charge in [0.2, 0.25) is 24.8 Å². The van der Waals surface area contributed by atoms with Crippen LogP contribution in [0.1, 0.15) is 51.9 Å². The first-order valence-electron chi connectivity index (χ1n) is 16.0. The molecule has 0 aliphatic carbocycles. The fourth-order valence-corrected chi connectivity index (χ4v) is 5.46. The van der Waals surface area contributed by atoms with E-state index < -0.39 is 126 Å². The number of hydrogen-bond donors (Lipinski definition) is 1. The Bertz CT molecular complexity index is 1670. The van der Waals surface area contributed by atoms with Crippen molar-refractivity contribution in [2.24, 2.45) is 0 Å². The number of ether oxygens (including phenoxy) is 12. The lowest BCUT2D eigenvalue weighted by molar-refractivity contribution is -0.283. The van der Waals surface area contributed by atoms with Gasteiger partial charge in [0.15, 0.2) is 36.6 Å². The van der Waals surface area contributed by atoms with E-state index in [0.29, 0.717) is 0 Å². The number of carbonyl (C=O) groups excluding carboxylic acids is 8. The molecule has 3 rings (SSSR count). The fraction of sp³-hybridized carbons (Fsp3) is 0.545. The summed E-state index contributed by atoms with van der Waals surface area (Å²) in [6.45, 7) is 5.81. The third-order valence-electron chi connectivity index (χ3n) is 7.35. The predicted molar refractivity (Wildman–Crippen MR) is 169 cm³/mol. The van der Waals surface area contributed by atoms with E-state index in [1.807, 2.05) is 0 Å². The van der Waals surface area contributed by atoms with Crippen LogP contribution in [0.25, 0.3) is 0 Å². The van der Waals surface area contributed by atoms with Crippen molar-refractivity contribution in [2.75, 3.05) is 14.2 Å². The Kier molecular flexibility index (Phi) is 14.8. The molecule has 55 heavy (non-hydrogen) atoms. The predicted octanol–water partition coefficient (Wildman–Crippen LogP) is -0.472. The van der Waals surface area contributed by atoms with Gasteiger partial charge in [0.25, 0.3) is 0 Å². The molecule has 1 N–H and O–H groups in total. The van der Waals surface area contributed by atoms with Crippen LogP contribution in [0.15, 0.2) is 18.2 Å². The number of hydrogen-bond acceptors (Lipinski definition) is 21. The Labute approximate surface area is 311 Å². The second-order valence-corrected chi connectivity index (χ2v) is 11.5. The van der Waals surface area contributed by atoms with Crippen molar-refractivity contribution in [3.8, 4) is 11.5 Å². The highest BCUT2D eigenvalue weighted by atomic mass is 16.8. The summed E-state index contributed by atoms with van der Waals surface area (Å²) in [4.78, 5) is 111. The molecule has 2 saturated heterocycles. The molecule has 0 saturated carbocycles. The van der Waals surface area contributed by atoms with E-state index in [1.54, 1.807) is 0 Å². The summed E-state index contributed by atoms with van der Waals surface area (Å²) < 4.78 is 64.4. The van der Waals surface area contributed by atoms with Gasteiger partial charge in [-0.05, 0) is 12.1 Å². The Hall–Kier alpha value is -6.03. The molecular formula is C33H38O22. The zero-order valence-corrected chi connectivity index (χ0v) is 30.5. The number of carbonyl (C=O) groups is 9. The molecule has 22 nitrogen and oxygen atoms in total. The summed E-state index contributed by atoms with van der Waals surface area (Å²) in [7, 11) is 1.93. The van der Waals surface area contributed by atoms with Gasteiger partial charge in [-0.25, -0.2) is 14.4 Å². The van der Waals surface area contributed by atoms with Crippen molar-refractivity contribution in [1.29, 1.82) is 0 Å². The maximum absolute atomic E-state index is 12.8. The molecular weight excluding hydrogens is 748 g/mol. The average Bonchev–Trinajstić information content (AvgIpc) is 3.07. The maximum atomic E-state index is 12.8. The minimum Gasteiger partial charge on any atom is -0.478 e. The van der Waals surface area contributed by atoms with Gasteiger partial charge in [-0.15, -0.1) is 0 Å². The number of esters is 8. The monoisotopic (exact) mass is 786 g/mol. The van der Waals surface area contributed by atoms with Gasteiger partial charge in [-0.3, -0.25) is 28.8 Å². The lowest BCUT2D eigenvalue weighted by atomic mass is 9.97. The van der Waals surface area contributed by atoms with Crippen molar-refractivity contribution in [3.05, 3.63) is 23.8 Å². The van der Waals surface area contributed by atoms with Crippen molar-refractivity contribution in [3.63, 3.8) is 0 Å². The fourth-order valence-electron chi connectivity index (χ4n) is 5.46. The first kappa shape index (κ1) is 43.4. The minimum absolute atomic E-state index is 0.350. The van der Waals surface area contributed by atoms with E-state index in [1.165, 1.54) is 0 Å². The molecule has 2 aliphatic rings. The minimum atomic E-state index is -2.00. The Morgan fingerprint density at radius 1 is 0.509 bits per heavy atom. The van der Waals surface area contributed by atoms with Gasteiger partial charge in [-0.2, -0.15) is 0 Å². The molecule has 10 atom stereocenters. The zero-order valence-electron chi connectivity index (χ0n) is 30.5. The summed E-state index contributed by atoms with van der Waals surface area (Å²) >= 11 is 0. The van der Waals surface area contributed by atoms with Crippen molar-refractivity contribution in [2.45, 2.75) is 103 Å². The van der Waals surface area contributed by atoms with Gasteiger partial charge in [0.05, 0.1) is 14.2 Å². The maximum Gasteiger partial charge on any atom is 0.339 e. The highest BCUT2D eigenvalue weighted by Crippen LogP contribution is 2.36. The van der Waals surface area contributed by atoms with Crippen LogP contribution in [0.2, 0.25) is 0 Å². The topological polar surface area (TPSA) is 285 Å². The molecule has 0 bridgehead atoms. The SMILES string of the molecule is COC(=O)[C@H]1O[C@@H](Oc2ccc(C(=O)O)c(O[C@@H]3O[C@H](C(=O)OC)[C@@H](OC(C)=O)[C@H](OC(C)=O)[C@H]3OC(C)=O)c2)[C@H](OC(C)=O)[C@@H](OC(C)=O)[C@@H]1OC(C)=O. The molecule has 1 aromatic carbocycles. The average molecular weight is 787 g/mol. The van der Waals surface area contributed by atoms with E-state index in [0.717, 1.165) is 74.0 Å². The number of benzene rings is 1. The first-order chi connectivity index (χ1) is 25.8. The van der Waals surface area contributed by atoms with Gasteiger partial charge >= 0.3 is 53.7 Å². The molecule has 2 heterocycles. The van der Waals surface area contributed by atoms with Gasteiger partial charge in [0, 0.05) is 47.6 Å². The quantitative estimate of drug-likeness (QED) is 0.195. The van der Waals surface area contributed by atoms with Crippen LogP contribution in [-0.4, -0.2) is 134 Å². The van der Waals surface area contributed by atoms with Crippen LogP contribution in [0.4, 0.5) is 0 Å². The smallest absolute Gasteiger partial charge is 0.339 e. The second kappa shape index (κ2) is 18.8. The molecule has 2 aliphatic heterocycles. The Morgan fingerprint density at radius 2 is 0.855 bits per heavy atom. The molecule has 22 heteroatoms. The largest absolute Gasteiger partial charge is 0.478 e. The van der Waals surface area contributed by atoms with E-state index >= 15 is 0 Å². The van der Waals surface area contributed by atoms with Crippen molar-refractivity contribution < 1.29 is 105 Å². The summed E-state index contributed by atoms with van der Waals surface area (Å²) in [5.41, 5.74) is -0.598. The lowest BCUT2D eigenvalue weighted by Crippen LogP contribution is -2.64. The Balaban J connectivity index is 2.16. The zero-order chi connectivity index (χ0) is 41.3. The van der Waals surface area contributed by atoms with Gasteiger partial charge in [-0.1, -0.05) is 0 Å². The van der Waals surface area contributed by atoms with Gasteiger partial charge < -0.3 is 61.9 Å². The molecule has 0 unspecified atom stereocenters. The number of rotatable bonds is 13.